The molecule has 0 aliphatic heterocycles. The molecule has 3 heteroatoms. The van der Waals surface area contributed by atoms with Crippen molar-refractivity contribution in [1.82, 2.24) is 0 Å². The van der Waals surface area contributed by atoms with Gasteiger partial charge >= 0.3 is 5.97 Å². The molecule has 0 radical (unpaired) electrons. The second-order valence-electron chi connectivity index (χ2n) is 6.00. The van der Waals surface area contributed by atoms with E-state index in [0.29, 0.717) is 12.2 Å². The van der Waals surface area contributed by atoms with Crippen molar-refractivity contribution in [3.05, 3.63) is 0 Å². The van der Waals surface area contributed by atoms with Gasteiger partial charge in [-0.2, -0.15) is 0 Å². The zero-order valence-electron chi connectivity index (χ0n) is 13.2. The summed E-state index contributed by atoms with van der Waals surface area (Å²) in [5.41, 5.74) is 0. The average Bonchev–Trinajstić information content (AvgIpc) is 2.40. The van der Waals surface area contributed by atoms with E-state index in [0.717, 1.165) is 32.1 Å². The zero-order valence-corrected chi connectivity index (χ0v) is 13.2. The number of rotatable bonds is 3. The summed E-state index contributed by atoms with van der Waals surface area (Å²) >= 11 is 0. The minimum absolute atomic E-state index is 0.0803. The van der Waals surface area contributed by atoms with Crippen LogP contribution in [0.3, 0.4) is 0 Å². The van der Waals surface area contributed by atoms with Gasteiger partial charge in [-0.3, -0.25) is 9.59 Å². The highest BCUT2D eigenvalue weighted by atomic mass is 16.5. The Balaban J connectivity index is 2.63. The number of ether oxygens (including phenoxy) is 1. The number of carbonyl (C=O) groups excluding carboxylic acids is 2. The van der Waals surface area contributed by atoms with Crippen molar-refractivity contribution in [2.24, 2.45) is 5.92 Å². The van der Waals surface area contributed by atoms with Crippen molar-refractivity contribution >= 4 is 11.8 Å². The van der Waals surface area contributed by atoms with E-state index in [1.807, 2.05) is 6.92 Å². The molecule has 3 nitrogen and oxygen atoms in total. The molecule has 2 unspecified atom stereocenters. The van der Waals surface area contributed by atoms with E-state index in [2.05, 4.69) is 0 Å². The Hall–Kier alpha value is -0.860. The quantitative estimate of drug-likeness (QED) is 0.719. The molecule has 1 aliphatic rings. The van der Waals surface area contributed by atoms with Crippen molar-refractivity contribution in [2.75, 3.05) is 0 Å². The SMILES string of the molecule is CCC(OC(C)=O)C1CCCCCCCCCCC1=O. The first kappa shape index (κ1) is 17.2. The fraction of sp³-hybridized carbons (Fsp3) is 0.882. The fourth-order valence-electron chi connectivity index (χ4n) is 3.13. The first-order valence-electron chi connectivity index (χ1n) is 8.35. The summed E-state index contributed by atoms with van der Waals surface area (Å²) in [7, 11) is 0. The van der Waals surface area contributed by atoms with Crippen LogP contribution in [-0.4, -0.2) is 17.9 Å². The van der Waals surface area contributed by atoms with Crippen LogP contribution in [0.4, 0.5) is 0 Å². The van der Waals surface area contributed by atoms with Crippen molar-refractivity contribution in [3.8, 4) is 0 Å². The molecule has 0 aromatic heterocycles. The van der Waals surface area contributed by atoms with Crippen LogP contribution in [0.1, 0.15) is 84.5 Å². The van der Waals surface area contributed by atoms with E-state index in [1.54, 1.807) is 0 Å². The van der Waals surface area contributed by atoms with Crippen LogP contribution in [0.15, 0.2) is 0 Å². The number of Topliss-reactive ketones (excluding diaryl/α,β-unsaturated/α-hetero) is 1. The normalized spacial score (nSPS) is 24.3. The van der Waals surface area contributed by atoms with Crippen molar-refractivity contribution < 1.29 is 14.3 Å². The second-order valence-corrected chi connectivity index (χ2v) is 6.00. The molecule has 0 spiro atoms. The van der Waals surface area contributed by atoms with E-state index in [1.165, 1.54) is 39.0 Å². The molecule has 1 aliphatic carbocycles. The maximum absolute atomic E-state index is 12.4. The van der Waals surface area contributed by atoms with Crippen LogP contribution in [0, 0.1) is 5.92 Å². The first-order chi connectivity index (χ1) is 9.65. The Morgan fingerprint density at radius 2 is 1.65 bits per heavy atom. The third kappa shape index (κ3) is 6.53. The highest BCUT2D eigenvalue weighted by Gasteiger charge is 2.28. The summed E-state index contributed by atoms with van der Waals surface area (Å²) in [6, 6.07) is 0. The molecule has 1 saturated carbocycles. The summed E-state index contributed by atoms with van der Waals surface area (Å²) in [6.07, 6.45) is 11.6. The molecule has 0 amide bonds. The third-order valence-corrected chi connectivity index (χ3v) is 4.27. The van der Waals surface area contributed by atoms with Crippen LogP contribution in [0.5, 0.6) is 0 Å². The highest BCUT2D eigenvalue weighted by Crippen LogP contribution is 2.24. The largest absolute Gasteiger partial charge is 0.462 e. The Labute approximate surface area is 123 Å². The van der Waals surface area contributed by atoms with Crippen LogP contribution >= 0.6 is 0 Å². The van der Waals surface area contributed by atoms with E-state index in [-0.39, 0.29) is 18.0 Å². The molecule has 0 saturated heterocycles. The lowest BCUT2D eigenvalue weighted by Gasteiger charge is -2.25. The third-order valence-electron chi connectivity index (χ3n) is 4.27. The van der Waals surface area contributed by atoms with Crippen molar-refractivity contribution in [1.29, 1.82) is 0 Å². The Morgan fingerprint density at radius 3 is 2.20 bits per heavy atom. The summed E-state index contributed by atoms with van der Waals surface area (Å²) in [5, 5.41) is 0. The molecule has 1 rings (SSSR count). The number of esters is 1. The molecule has 0 heterocycles. The lowest BCUT2D eigenvalue weighted by Crippen LogP contribution is -2.32. The number of ketones is 1. The number of hydrogen-bond acceptors (Lipinski definition) is 3. The van der Waals surface area contributed by atoms with Gasteiger partial charge in [-0.1, -0.05) is 51.9 Å². The smallest absolute Gasteiger partial charge is 0.302 e. The minimum atomic E-state index is -0.268. The van der Waals surface area contributed by atoms with Crippen LogP contribution < -0.4 is 0 Å². The van der Waals surface area contributed by atoms with E-state index >= 15 is 0 Å². The van der Waals surface area contributed by atoms with Crippen LogP contribution in [-0.2, 0) is 14.3 Å². The van der Waals surface area contributed by atoms with Gasteiger partial charge in [0.25, 0.3) is 0 Å². The first-order valence-corrected chi connectivity index (χ1v) is 8.35. The minimum Gasteiger partial charge on any atom is -0.462 e. The predicted molar refractivity (Wildman–Crippen MR) is 80.5 cm³/mol. The lowest BCUT2D eigenvalue weighted by atomic mass is 9.86. The predicted octanol–water partition coefficient (Wildman–Crippen LogP) is 4.43. The van der Waals surface area contributed by atoms with Gasteiger partial charge in [-0.25, -0.2) is 0 Å². The summed E-state index contributed by atoms with van der Waals surface area (Å²) in [5.74, 6) is -0.0437. The molecule has 0 bridgehead atoms. The van der Waals surface area contributed by atoms with Gasteiger partial charge in [0.15, 0.2) is 0 Å². The van der Waals surface area contributed by atoms with Gasteiger partial charge < -0.3 is 4.74 Å². The van der Waals surface area contributed by atoms with Gasteiger partial charge in [0.05, 0.1) is 5.92 Å². The van der Waals surface area contributed by atoms with E-state index in [4.69, 9.17) is 4.74 Å². The molecule has 2 atom stereocenters. The molecular formula is C17H30O3. The van der Waals surface area contributed by atoms with Crippen LogP contribution in [0.25, 0.3) is 0 Å². The number of hydrogen-bond donors (Lipinski definition) is 0. The van der Waals surface area contributed by atoms with Gasteiger partial charge in [0, 0.05) is 13.3 Å². The maximum atomic E-state index is 12.4. The van der Waals surface area contributed by atoms with Gasteiger partial charge in [0.1, 0.15) is 11.9 Å². The van der Waals surface area contributed by atoms with Gasteiger partial charge in [0.2, 0.25) is 0 Å². The van der Waals surface area contributed by atoms with E-state index < -0.39 is 0 Å². The highest BCUT2D eigenvalue weighted by molar-refractivity contribution is 5.82. The molecule has 20 heavy (non-hydrogen) atoms. The monoisotopic (exact) mass is 282 g/mol. The van der Waals surface area contributed by atoms with Crippen molar-refractivity contribution in [2.45, 2.75) is 90.6 Å². The second kappa shape index (κ2) is 9.95. The number of carbonyl (C=O) groups is 2. The van der Waals surface area contributed by atoms with Crippen molar-refractivity contribution in [3.63, 3.8) is 0 Å². The molecule has 116 valence electrons. The molecule has 1 fully saturated rings. The van der Waals surface area contributed by atoms with E-state index in [9.17, 15) is 9.59 Å². The Bertz CT molecular complexity index is 299. The zero-order chi connectivity index (χ0) is 14.8. The van der Waals surface area contributed by atoms with Crippen LogP contribution in [0.2, 0.25) is 0 Å². The van der Waals surface area contributed by atoms with Gasteiger partial charge in [-0.05, 0) is 19.3 Å². The summed E-state index contributed by atoms with van der Waals surface area (Å²) in [6.45, 7) is 3.43. The maximum Gasteiger partial charge on any atom is 0.302 e. The topological polar surface area (TPSA) is 43.4 Å². The Morgan fingerprint density at radius 1 is 1.10 bits per heavy atom. The fourth-order valence-corrected chi connectivity index (χ4v) is 3.13. The standard InChI is InChI=1S/C17H30O3/c1-3-17(20-14(2)18)15-12-10-8-6-4-5-7-9-11-13-16(15)19/h15,17H,3-13H2,1-2H3. The average molecular weight is 282 g/mol. The Kier molecular flexibility index (Phi) is 8.56. The summed E-state index contributed by atoms with van der Waals surface area (Å²) in [4.78, 5) is 23.6. The van der Waals surface area contributed by atoms with Gasteiger partial charge in [-0.15, -0.1) is 0 Å². The molecule has 0 aromatic carbocycles. The molecule has 0 N–H and O–H groups in total. The molecular weight excluding hydrogens is 252 g/mol. The lowest BCUT2D eigenvalue weighted by molar-refractivity contribution is -0.151. The summed E-state index contributed by atoms with van der Waals surface area (Å²) < 4.78 is 5.37. The molecule has 0 aromatic rings.